The Kier molecular flexibility index (Phi) is 6.97. The lowest BCUT2D eigenvalue weighted by Crippen LogP contribution is -2.08. The molecule has 0 aliphatic rings. The van der Waals surface area contributed by atoms with Gasteiger partial charge in [-0.1, -0.05) is 22.0 Å². The van der Waals surface area contributed by atoms with Gasteiger partial charge in [0, 0.05) is 34.9 Å². The van der Waals surface area contributed by atoms with Gasteiger partial charge in [0.25, 0.3) is 0 Å². The van der Waals surface area contributed by atoms with Crippen LogP contribution in [0.15, 0.2) is 65.4 Å². The van der Waals surface area contributed by atoms with Gasteiger partial charge >= 0.3 is 0 Å². The van der Waals surface area contributed by atoms with Gasteiger partial charge in [-0.3, -0.25) is 4.98 Å². The number of methoxy groups -OCH3 is 2. The van der Waals surface area contributed by atoms with Crippen molar-refractivity contribution in [1.29, 1.82) is 0 Å². The lowest BCUT2D eigenvalue weighted by atomic mass is 10.1. The Morgan fingerprint density at radius 2 is 1.66 bits per heavy atom. The number of hydrogen-bond acceptors (Lipinski definition) is 6. The van der Waals surface area contributed by atoms with Gasteiger partial charge in [0.05, 0.1) is 19.7 Å². The van der Waals surface area contributed by atoms with Crippen LogP contribution in [-0.2, 0) is 6.42 Å². The first-order valence-electron chi connectivity index (χ1n) is 10.2. The molecule has 0 spiro atoms. The fraction of sp³-hybridized carbons (Fsp3) is 0.160. The molecule has 4 rings (SSSR count). The van der Waals surface area contributed by atoms with Crippen LogP contribution in [0, 0.1) is 0 Å². The normalized spacial score (nSPS) is 11.1. The van der Waals surface area contributed by atoms with E-state index in [1.165, 1.54) is 5.56 Å². The van der Waals surface area contributed by atoms with Gasteiger partial charge in [-0.25, -0.2) is 9.97 Å². The summed E-state index contributed by atoms with van der Waals surface area (Å²) in [5.74, 6) is 2.87. The summed E-state index contributed by atoms with van der Waals surface area (Å²) < 4.78 is 11.7. The maximum atomic E-state index is 5.35. The van der Waals surface area contributed by atoms with E-state index < -0.39 is 0 Å². The molecule has 7 heteroatoms. The molecule has 6 nitrogen and oxygen atoms in total. The van der Waals surface area contributed by atoms with Gasteiger partial charge in [0.1, 0.15) is 17.3 Å². The third-order valence-corrected chi connectivity index (χ3v) is 5.42. The van der Waals surface area contributed by atoms with Gasteiger partial charge in [-0.2, -0.15) is 0 Å². The van der Waals surface area contributed by atoms with Gasteiger partial charge < -0.3 is 14.8 Å². The number of nitrogens with zero attached hydrogens (tertiary/aromatic N) is 3. The Morgan fingerprint density at radius 3 is 2.38 bits per heavy atom. The minimum Gasteiger partial charge on any atom is -0.497 e. The van der Waals surface area contributed by atoms with Gasteiger partial charge in [0.15, 0.2) is 5.82 Å². The number of ether oxygens (including phenoxy) is 2. The molecule has 0 bridgehead atoms. The number of fused-ring (bicyclic) bond motifs is 1. The second-order valence-corrected chi connectivity index (χ2v) is 8.02. The van der Waals surface area contributed by atoms with E-state index in [0.29, 0.717) is 5.82 Å². The zero-order chi connectivity index (χ0) is 22.3. The quantitative estimate of drug-likeness (QED) is 0.345. The summed E-state index contributed by atoms with van der Waals surface area (Å²) >= 11 is 3.55. The zero-order valence-electron chi connectivity index (χ0n) is 17.9. The molecule has 0 aliphatic heterocycles. The number of hydrogen-bond donors (Lipinski definition) is 1. The Morgan fingerprint density at radius 1 is 0.906 bits per heavy atom. The molecule has 4 aromatic rings. The SMILES string of the molecule is COc1cc(/C=C/c2nc(NCCc3ccncc3)c3cc(Br)ccc3n2)cc(OC)c1. The van der Waals surface area contributed by atoms with Crippen LogP contribution in [-0.4, -0.2) is 35.7 Å². The number of pyridine rings is 1. The highest BCUT2D eigenvalue weighted by atomic mass is 79.9. The number of rotatable bonds is 8. The number of aromatic nitrogens is 3. The molecule has 32 heavy (non-hydrogen) atoms. The molecular weight excluding hydrogens is 468 g/mol. The Bertz CT molecular complexity index is 1220. The lowest BCUT2D eigenvalue weighted by Gasteiger charge is -2.10. The zero-order valence-corrected chi connectivity index (χ0v) is 19.5. The monoisotopic (exact) mass is 490 g/mol. The smallest absolute Gasteiger partial charge is 0.154 e. The average Bonchev–Trinajstić information content (AvgIpc) is 2.83. The van der Waals surface area contributed by atoms with E-state index in [4.69, 9.17) is 19.4 Å². The molecule has 0 atom stereocenters. The van der Waals surface area contributed by atoms with Crippen molar-refractivity contribution in [2.75, 3.05) is 26.1 Å². The minimum atomic E-state index is 0.619. The Balaban J connectivity index is 1.62. The molecule has 2 aromatic heterocycles. The van der Waals surface area contributed by atoms with Crippen LogP contribution in [0.2, 0.25) is 0 Å². The van der Waals surface area contributed by atoms with Crippen molar-refractivity contribution in [2.45, 2.75) is 6.42 Å². The molecule has 162 valence electrons. The molecule has 0 saturated heterocycles. The summed E-state index contributed by atoms with van der Waals surface area (Å²) in [6.45, 7) is 0.749. The number of anilines is 1. The summed E-state index contributed by atoms with van der Waals surface area (Å²) in [6.07, 6.45) is 8.33. The number of nitrogens with one attached hydrogen (secondary N) is 1. The molecule has 0 saturated carbocycles. The van der Waals surface area contributed by atoms with Crippen molar-refractivity contribution in [1.82, 2.24) is 15.0 Å². The molecule has 2 heterocycles. The number of halogens is 1. The predicted octanol–water partition coefficient (Wildman–Crippen LogP) is 5.63. The fourth-order valence-electron chi connectivity index (χ4n) is 3.30. The molecule has 0 radical (unpaired) electrons. The predicted molar refractivity (Wildman–Crippen MR) is 132 cm³/mol. The van der Waals surface area contributed by atoms with Gasteiger partial charge in [-0.15, -0.1) is 0 Å². The highest BCUT2D eigenvalue weighted by molar-refractivity contribution is 9.10. The first kappa shape index (κ1) is 21.8. The summed E-state index contributed by atoms with van der Waals surface area (Å²) in [5.41, 5.74) is 3.03. The van der Waals surface area contributed by atoms with Gasteiger partial charge in [-0.05, 0) is 66.1 Å². The number of benzene rings is 2. The van der Waals surface area contributed by atoms with Crippen LogP contribution in [0.5, 0.6) is 11.5 Å². The van der Waals surface area contributed by atoms with E-state index in [1.54, 1.807) is 14.2 Å². The fourth-order valence-corrected chi connectivity index (χ4v) is 3.66. The Labute approximate surface area is 195 Å². The second kappa shape index (κ2) is 10.2. The molecule has 0 amide bonds. The van der Waals surface area contributed by atoms with Crippen molar-refractivity contribution < 1.29 is 9.47 Å². The molecule has 2 aromatic carbocycles. The van der Waals surface area contributed by atoms with Crippen LogP contribution in [0.3, 0.4) is 0 Å². The third-order valence-electron chi connectivity index (χ3n) is 4.93. The first-order chi connectivity index (χ1) is 15.6. The van der Waals surface area contributed by atoms with Crippen LogP contribution in [0.25, 0.3) is 23.1 Å². The van der Waals surface area contributed by atoms with E-state index in [0.717, 1.165) is 51.2 Å². The van der Waals surface area contributed by atoms with E-state index >= 15 is 0 Å². The highest BCUT2D eigenvalue weighted by Crippen LogP contribution is 2.26. The standard InChI is InChI=1S/C25H23BrN4O2/c1-31-20-13-18(14-21(16-20)32-2)3-6-24-29-23-5-4-19(26)15-22(23)25(30-24)28-12-9-17-7-10-27-11-8-17/h3-8,10-11,13-16H,9,12H2,1-2H3,(H,28,29,30)/b6-3+. The van der Waals surface area contributed by atoms with Crippen molar-refractivity contribution in [3.05, 3.63) is 82.3 Å². The molecular formula is C25H23BrN4O2. The van der Waals surface area contributed by atoms with Gasteiger partial charge in [0.2, 0.25) is 0 Å². The van der Waals surface area contributed by atoms with Crippen LogP contribution in [0.1, 0.15) is 17.0 Å². The summed E-state index contributed by atoms with van der Waals surface area (Å²) in [5, 5.41) is 4.44. The maximum Gasteiger partial charge on any atom is 0.154 e. The third kappa shape index (κ3) is 5.42. The van der Waals surface area contributed by atoms with Crippen molar-refractivity contribution in [2.24, 2.45) is 0 Å². The molecule has 0 aliphatic carbocycles. The van der Waals surface area contributed by atoms with E-state index in [1.807, 2.05) is 73.1 Å². The van der Waals surface area contributed by atoms with Crippen LogP contribution >= 0.6 is 15.9 Å². The van der Waals surface area contributed by atoms with Crippen LogP contribution < -0.4 is 14.8 Å². The second-order valence-electron chi connectivity index (χ2n) is 7.10. The Hall–Kier alpha value is -3.45. The van der Waals surface area contributed by atoms with E-state index in [2.05, 4.69) is 26.2 Å². The molecule has 0 fully saturated rings. The summed E-state index contributed by atoms with van der Waals surface area (Å²) in [7, 11) is 3.27. The average molecular weight is 491 g/mol. The topological polar surface area (TPSA) is 69.2 Å². The summed E-state index contributed by atoms with van der Waals surface area (Å²) in [4.78, 5) is 13.6. The lowest BCUT2D eigenvalue weighted by molar-refractivity contribution is 0.394. The van der Waals surface area contributed by atoms with E-state index in [-0.39, 0.29) is 0 Å². The first-order valence-corrected chi connectivity index (χ1v) is 10.9. The van der Waals surface area contributed by atoms with Crippen molar-refractivity contribution in [3.8, 4) is 11.5 Å². The molecule has 0 unspecified atom stereocenters. The maximum absolute atomic E-state index is 5.35. The highest BCUT2D eigenvalue weighted by Gasteiger charge is 2.08. The summed E-state index contributed by atoms with van der Waals surface area (Å²) in [6, 6.07) is 15.8. The molecule has 1 N–H and O–H groups in total. The largest absolute Gasteiger partial charge is 0.497 e. The van der Waals surface area contributed by atoms with Crippen molar-refractivity contribution >= 4 is 44.8 Å². The minimum absolute atomic E-state index is 0.619. The van der Waals surface area contributed by atoms with Crippen molar-refractivity contribution in [3.63, 3.8) is 0 Å². The van der Waals surface area contributed by atoms with E-state index in [9.17, 15) is 0 Å². The van der Waals surface area contributed by atoms with Crippen LogP contribution in [0.4, 0.5) is 5.82 Å².